The molecule has 4 heterocycles. The maximum Gasteiger partial charge on any atom is 0.265 e. The lowest BCUT2D eigenvalue weighted by Gasteiger charge is -2.57. The number of nitrogens with zero attached hydrogens (tertiary/aromatic N) is 2. The van der Waals surface area contributed by atoms with Crippen molar-refractivity contribution in [2.45, 2.75) is 123 Å². The lowest BCUT2D eigenvalue weighted by Crippen LogP contribution is -2.63. The highest BCUT2D eigenvalue weighted by molar-refractivity contribution is 7.86. The number of Topliss-reactive ketones (excluding diaryl/α,β-unsaturated/α-hetero) is 2. The van der Waals surface area contributed by atoms with Crippen LogP contribution in [0.15, 0.2) is 0 Å². The predicted molar refractivity (Wildman–Crippen MR) is 180 cm³/mol. The Kier molecular flexibility index (Phi) is 9.46. The van der Waals surface area contributed by atoms with E-state index < -0.39 is 42.6 Å². The molecule has 2 N–H and O–H groups in total. The first-order chi connectivity index (χ1) is 21.8. The van der Waals surface area contributed by atoms with Crippen molar-refractivity contribution in [1.29, 1.82) is 0 Å². The summed E-state index contributed by atoms with van der Waals surface area (Å²) >= 11 is 0. The molecule has 0 aromatic carbocycles. The van der Waals surface area contributed by atoms with E-state index in [1.165, 1.54) is 64.7 Å². The Labute approximate surface area is 282 Å². The van der Waals surface area contributed by atoms with E-state index in [2.05, 4.69) is 9.80 Å². The molecule has 0 amide bonds. The second kappa shape index (κ2) is 12.4. The smallest absolute Gasteiger partial charge is 0.265 e. The highest BCUT2D eigenvalue weighted by Crippen LogP contribution is 2.65. The molecule has 6 bridgehead atoms. The quantitative estimate of drug-likeness (QED) is 0.389. The summed E-state index contributed by atoms with van der Waals surface area (Å²) in [5.41, 5.74) is -2.24. The molecule has 268 valence electrons. The van der Waals surface area contributed by atoms with Crippen molar-refractivity contribution in [3.63, 3.8) is 0 Å². The van der Waals surface area contributed by atoms with Gasteiger partial charge in [0.25, 0.3) is 20.2 Å². The second-order valence-electron chi connectivity index (χ2n) is 17.7. The van der Waals surface area contributed by atoms with Gasteiger partial charge in [0.1, 0.15) is 11.6 Å². The van der Waals surface area contributed by atoms with Gasteiger partial charge in [0.05, 0.1) is 22.3 Å². The van der Waals surface area contributed by atoms with Gasteiger partial charge in [-0.25, -0.2) is 0 Å². The molecule has 8 atom stereocenters. The molecule has 4 aliphatic heterocycles. The van der Waals surface area contributed by atoms with Crippen molar-refractivity contribution in [3.05, 3.63) is 0 Å². The van der Waals surface area contributed by atoms with Gasteiger partial charge in [-0.3, -0.25) is 28.5 Å². The van der Waals surface area contributed by atoms with Crippen molar-refractivity contribution in [2.75, 3.05) is 37.7 Å². The van der Waals surface area contributed by atoms with E-state index >= 15 is 0 Å². The van der Waals surface area contributed by atoms with Crippen LogP contribution in [0.5, 0.6) is 0 Å². The molecule has 47 heavy (non-hydrogen) atoms. The number of fused-ring (bicyclic) bond motifs is 10. The van der Waals surface area contributed by atoms with Crippen LogP contribution in [-0.4, -0.2) is 97.1 Å². The molecule has 8 aliphatic rings. The maximum absolute atomic E-state index is 11.9. The number of carbonyl (C=O) groups is 2. The minimum Gasteiger partial charge on any atom is -0.300 e. The molecule has 4 saturated carbocycles. The van der Waals surface area contributed by atoms with Crippen LogP contribution in [0, 0.1) is 45.3 Å². The number of carbonyl (C=O) groups excluding carboxylic acids is 2. The van der Waals surface area contributed by atoms with Crippen molar-refractivity contribution >= 4 is 31.8 Å². The van der Waals surface area contributed by atoms with Crippen LogP contribution in [0.25, 0.3) is 0 Å². The molecule has 4 aliphatic carbocycles. The number of hydrogen-bond acceptors (Lipinski definition) is 8. The van der Waals surface area contributed by atoms with Crippen molar-refractivity contribution in [3.8, 4) is 0 Å². The number of ketones is 2. The summed E-state index contributed by atoms with van der Waals surface area (Å²) in [7, 11) is -8.15. The molecular formula is C35H58N2O8S2. The van der Waals surface area contributed by atoms with E-state index in [0.717, 1.165) is 36.8 Å². The third-order valence-electron chi connectivity index (χ3n) is 15.1. The fraction of sp³-hybridized carbons (Fsp3) is 0.943. The second-order valence-corrected chi connectivity index (χ2v) is 20.6. The van der Waals surface area contributed by atoms with Crippen molar-refractivity contribution in [1.82, 2.24) is 9.80 Å². The molecule has 8 rings (SSSR count). The fourth-order valence-electron chi connectivity index (χ4n) is 12.1. The summed E-state index contributed by atoms with van der Waals surface area (Å²) in [6, 6.07) is 1.92. The normalized spacial score (nSPS) is 41.7. The van der Waals surface area contributed by atoms with Crippen molar-refractivity contribution < 1.29 is 35.5 Å². The molecule has 0 radical (unpaired) electrons. The van der Waals surface area contributed by atoms with E-state index in [0.29, 0.717) is 25.7 Å². The van der Waals surface area contributed by atoms with Crippen molar-refractivity contribution in [2.24, 2.45) is 45.3 Å². The number of piperidine rings is 4. The Balaban J connectivity index is 0.000000124. The van der Waals surface area contributed by atoms with E-state index in [1.54, 1.807) is 6.42 Å². The van der Waals surface area contributed by atoms with Gasteiger partial charge in [0.2, 0.25) is 0 Å². The first-order valence-electron chi connectivity index (χ1n) is 18.2. The van der Waals surface area contributed by atoms with Gasteiger partial charge in [-0.1, -0.05) is 40.5 Å². The van der Waals surface area contributed by atoms with E-state index in [4.69, 9.17) is 9.11 Å². The van der Waals surface area contributed by atoms with Gasteiger partial charge in [0.15, 0.2) is 0 Å². The van der Waals surface area contributed by atoms with Crippen LogP contribution in [0.3, 0.4) is 0 Å². The molecule has 10 nitrogen and oxygen atoms in total. The molecule has 12 heteroatoms. The Morgan fingerprint density at radius 2 is 1.02 bits per heavy atom. The largest absolute Gasteiger partial charge is 0.300 e. The number of hydrogen-bond donors (Lipinski definition) is 2. The highest BCUT2D eigenvalue weighted by Gasteiger charge is 2.66. The first-order valence-corrected chi connectivity index (χ1v) is 21.5. The lowest BCUT2D eigenvalue weighted by molar-refractivity contribution is -0.128. The molecule has 0 aromatic rings. The standard InChI is InChI=1S/C15H26N2.2C10H16O4S/c1-3-7-16-11-13-9-12(14(16)5-1)10-17-8-4-2-6-15(13)17;2*1-9(2)7-3-4-10(9,8(11)5-7)6-15(12,13)14/h12-15H,1-11H2;2*7H,3-6H2,1-2H3,(H,12,13,14)/t12-,13?,14?,15?;2*7?,10-/m000/s1. The first kappa shape index (κ1) is 35.9. The zero-order chi connectivity index (χ0) is 34.2. The summed E-state index contributed by atoms with van der Waals surface area (Å²) in [6.45, 7) is 13.5. The zero-order valence-corrected chi connectivity index (χ0v) is 30.6. The van der Waals surface area contributed by atoms with Crippen LogP contribution < -0.4 is 0 Å². The van der Waals surface area contributed by atoms with Gasteiger partial charge in [0, 0.05) is 38.0 Å². The minimum atomic E-state index is -4.08. The maximum atomic E-state index is 11.9. The fourth-order valence-corrected chi connectivity index (χ4v) is 14.7. The van der Waals surface area contributed by atoms with Crippen LogP contribution in [0.4, 0.5) is 0 Å². The summed E-state index contributed by atoms with van der Waals surface area (Å²) in [6.07, 6.45) is 14.4. The van der Waals surface area contributed by atoms with Crippen LogP contribution >= 0.6 is 0 Å². The minimum absolute atomic E-state index is 0.0152. The molecule has 0 aromatic heterocycles. The average Bonchev–Trinajstić information content (AvgIpc) is 3.50. The SMILES string of the molecule is C1CCN2C[C@@H]3CC(CN4CCCCC34)C2C1.CC1(C)C2CC[C@]1(CS(=O)(=O)O)C(=O)C2.CC1(C)C2CC[C@]1(CS(=O)(=O)O)C(=O)C2. The van der Waals surface area contributed by atoms with E-state index in [-0.39, 0.29) is 34.2 Å². The van der Waals surface area contributed by atoms with E-state index in [9.17, 15) is 26.4 Å². The average molecular weight is 699 g/mol. The summed E-state index contributed by atoms with van der Waals surface area (Å²) < 4.78 is 62.0. The van der Waals surface area contributed by atoms with Crippen LogP contribution in [0.1, 0.15) is 111 Å². The van der Waals surface area contributed by atoms with Gasteiger partial charge >= 0.3 is 0 Å². The highest BCUT2D eigenvalue weighted by atomic mass is 32.2. The molecule has 8 fully saturated rings. The van der Waals surface area contributed by atoms with Crippen LogP contribution in [0.2, 0.25) is 0 Å². The Bertz CT molecular complexity index is 1350. The molecule has 0 spiro atoms. The Hall–Kier alpha value is -0.920. The van der Waals surface area contributed by atoms with Crippen LogP contribution in [-0.2, 0) is 29.8 Å². The molecule has 4 saturated heterocycles. The topological polar surface area (TPSA) is 149 Å². The van der Waals surface area contributed by atoms with Gasteiger partial charge < -0.3 is 0 Å². The van der Waals surface area contributed by atoms with Gasteiger partial charge in [-0.05, 0) is 105 Å². The number of rotatable bonds is 4. The van der Waals surface area contributed by atoms with Gasteiger partial charge in [-0.2, -0.15) is 16.8 Å². The molecular weight excluding hydrogens is 641 g/mol. The summed E-state index contributed by atoms with van der Waals surface area (Å²) in [4.78, 5) is 29.5. The summed E-state index contributed by atoms with van der Waals surface area (Å²) in [5.74, 6) is 1.83. The predicted octanol–water partition coefficient (Wildman–Crippen LogP) is 4.88. The third kappa shape index (κ3) is 6.32. The van der Waals surface area contributed by atoms with Gasteiger partial charge in [-0.15, -0.1) is 0 Å². The lowest BCUT2D eigenvalue weighted by atomic mass is 9.70. The molecule has 5 unspecified atom stereocenters. The summed E-state index contributed by atoms with van der Waals surface area (Å²) in [5, 5.41) is 0. The third-order valence-corrected chi connectivity index (χ3v) is 16.8. The van der Waals surface area contributed by atoms with E-state index in [1.807, 2.05) is 27.7 Å². The zero-order valence-electron chi connectivity index (χ0n) is 29.0. The Morgan fingerprint density at radius 1 is 0.638 bits per heavy atom. The monoisotopic (exact) mass is 698 g/mol. The Morgan fingerprint density at radius 3 is 1.32 bits per heavy atom.